The molecule has 2 atom stereocenters. The molecular formula is C17H21FN2O2. The number of likely N-dealkylation sites (tertiary alicyclic amines) is 1. The number of piperidine rings is 1. The number of carbonyl (C=O) groups is 2. The number of carbonyl (C=O) groups excluding carboxylic acids is 2. The van der Waals surface area contributed by atoms with Crippen LogP contribution < -0.4 is 5.73 Å². The van der Waals surface area contributed by atoms with E-state index < -0.39 is 0 Å². The first kappa shape index (κ1) is 15.0. The van der Waals surface area contributed by atoms with Crippen molar-refractivity contribution in [2.24, 2.45) is 17.6 Å². The van der Waals surface area contributed by atoms with Crippen LogP contribution in [-0.4, -0.2) is 29.8 Å². The third-order valence-electron chi connectivity index (χ3n) is 4.82. The van der Waals surface area contributed by atoms with Crippen LogP contribution in [0, 0.1) is 17.7 Å². The number of rotatable bonds is 4. The fraction of sp³-hybridized carbons (Fsp3) is 0.529. The van der Waals surface area contributed by atoms with Gasteiger partial charge in [-0.1, -0.05) is 12.1 Å². The molecule has 0 unspecified atom stereocenters. The summed E-state index contributed by atoms with van der Waals surface area (Å²) in [5.41, 5.74) is 6.27. The summed E-state index contributed by atoms with van der Waals surface area (Å²) in [4.78, 5) is 25.3. The molecule has 0 aromatic heterocycles. The van der Waals surface area contributed by atoms with Gasteiger partial charge in [0, 0.05) is 25.4 Å². The number of benzene rings is 1. The summed E-state index contributed by atoms with van der Waals surface area (Å²) in [6.45, 7) is 1.42. The molecule has 118 valence electrons. The van der Waals surface area contributed by atoms with E-state index in [-0.39, 0.29) is 29.5 Å². The monoisotopic (exact) mass is 304 g/mol. The Balaban J connectivity index is 1.52. The Morgan fingerprint density at radius 3 is 2.41 bits per heavy atom. The third kappa shape index (κ3) is 3.29. The molecule has 0 spiro atoms. The second-order valence-electron chi connectivity index (χ2n) is 6.44. The zero-order valence-corrected chi connectivity index (χ0v) is 12.5. The molecule has 2 fully saturated rings. The van der Waals surface area contributed by atoms with Crippen LogP contribution in [0.25, 0.3) is 0 Å². The van der Waals surface area contributed by atoms with Crippen molar-refractivity contribution in [1.82, 2.24) is 4.90 Å². The molecule has 2 amide bonds. The molecular weight excluding hydrogens is 283 g/mol. The predicted molar refractivity (Wildman–Crippen MR) is 80.4 cm³/mol. The maximum Gasteiger partial charge on any atom is 0.226 e. The molecule has 1 heterocycles. The van der Waals surface area contributed by atoms with Crippen molar-refractivity contribution < 1.29 is 14.0 Å². The highest BCUT2D eigenvalue weighted by Gasteiger charge is 2.46. The van der Waals surface area contributed by atoms with Crippen molar-refractivity contribution in [3.8, 4) is 0 Å². The Hall–Kier alpha value is -1.91. The molecule has 1 saturated carbocycles. The van der Waals surface area contributed by atoms with Crippen LogP contribution in [0.5, 0.6) is 0 Å². The Bertz CT molecular complexity index is 565. The van der Waals surface area contributed by atoms with Gasteiger partial charge in [-0.05, 0) is 48.8 Å². The van der Waals surface area contributed by atoms with Gasteiger partial charge in [-0.2, -0.15) is 0 Å². The highest BCUT2D eigenvalue weighted by molar-refractivity contribution is 5.83. The van der Waals surface area contributed by atoms with E-state index in [2.05, 4.69) is 0 Å². The normalized spacial score (nSPS) is 25.0. The summed E-state index contributed by atoms with van der Waals surface area (Å²) in [7, 11) is 0. The van der Waals surface area contributed by atoms with Crippen LogP contribution in [0.2, 0.25) is 0 Å². The molecule has 1 aromatic carbocycles. The highest BCUT2D eigenvalue weighted by Crippen LogP contribution is 2.48. The van der Waals surface area contributed by atoms with Gasteiger partial charge in [0.25, 0.3) is 0 Å². The van der Waals surface area contributed by atoms with Crippen molar-refractivity contribution in [2.45, 2.75) is 31.6 Å². The fourth-order valence-corrected chi connectivity index (χ4v) is 3.42. The smallest absolute Gasteiger partial charge is 0.226 e. The Labute approximate surface area is 129 Å². The van der Waals surface area contributed by atoms with Crippen molar-refractivity contribution in [2.75, 3.05) is 13.1 Å². The van der Waals surface area contributed by atoms with Crippen molar-refractivity contribution in [1.29, 1.82) is 0 Å². The van der Waals surface area contributed by atoms with Gasteiger partial charge >= 0.3 is 0 Å². The number of hydrogen-bond donors (Lipinski definition) is 1. The molecule has 5 heteroatoms. The molecule has 4 nitrogen and oxygen atoms in total. The van der Waals surface area contributed by atoms with Gasteiger partial charge in [-0.25, -0.2) is 4.39 Å². The highest BCUT2D eigenvalue weighted by atomic mass is 19.1. The van der Waals surface area contributed by atoms with Gasteiger partial charge in [0.2, 0.25) is 11.8 Å². The lowest BCUT2D eigenvalue weighted by Crippen LogP contribution is -2.40. The lowest BCUT2D eigenvalue weighted by Gasteiger charge is -2.31. The van der Waals surface area contributed by atoms with Gasteiger partial charge in [-0.3, -0.25) is 9.59 Å². The molecule has 1 saturated heterocycles. The predicted octanol–water partition coefficient (Wildman–Crippen LogP) is 2.04. The average Bonchev–Trinajstić information content (AvgIpc) is 3.28. The molecule has 1 aliphatic heterocycles. The summed E-state index contributed by atoms with van der Waals surface area (Å²) in [6, 6.07) is 6.44. The minimum absolute atomic E-state index is 0.0400. The van der Waals surface area contributed by atoms with Crippen molar-refractivity contribution >= 4 is 11.8 Å². The van der Waals surface area contributed by atoms with E-state index in [0.717, 1.165) is 24.8 Å². The zero-order valence-electron chi connectivity index (χ0n) is 12.5. The van der Waals surface area contributed by atoms with Crippen molar-refractivity contribution in [3.63, 3.8) is 0 Å². The first-order valence-corrected chi connectivity index (χ1v) is 7.87. The zero-order chi connectivity index (χ0) is 15.7. The van der Waals surface area contributed by atoms with E-state index in [1.54, 1.807) is 12.1 Å². The molecule has 22 heavy (non-hydrogen) atoms. The summed E-state index contributed by atoms with van der Waals surface area (Å²) in [5.74, 6) is 0.280. The quantitative estimate of drug-likeness (QED) is 0.925. The number of halogens is 1. The Morgan fingerprint density at radius 1 is 1.18 bits per heavy atom. The second kappa shape index (κ2) is 6.07. The van der Waals surface area contributed by atoms with Gasteiger partial charge in [0.1, 0.15) is 5.82 Å². The maximum atomic E-state index is 12.9. The average molecular weight is 304 g/mol. The van der Waals surface area contributed by atoms with E-state index >= 15 is 0 Å². The third-order valence-corrected chi connectivity index (χ3v) is 4.82. The first-order valence-electron chi connectivity index (χ1n) is 7.87. The maximum absolute atomic E-state index is 12.9. The fourth-order valence-electron chi connectivity index (χ4n) is 3.42. The minimum Gasteiger partial charge on any atom is -0.370 e. The van der Waals surface area contributed by atoms with E-state index in [1.165, 1.54) is 12.1 Å². The van der Waals surface area contributed by atoms with Gasteiger partial charge in [-0.15, -0.1) is 0 Å². The topological polar surface area (TPSA) is 63.4 Å². The number of hydrogen-bond acceptors (Lipinski definition) is 2. The molecule has 2 aliphatic rings. The summed E-state index contributed by atoms with van der Waals surface area (Å²) in [5, 5.41) is 0. The Morgan fingerprint density at radius 2 is 1.82 bits per heavy atom. The van der Waals surface area contributed by atoms with Gasteiger partial charge in [0.15, 0.2) is 0 Å². The Kier molecular flexibility index (Phi) is 4.14. The summed E-state index contributed by atoms with van der Waals surface area (Å²) in [6.07, 6.45) is 2.97. The van der Waals surface area contributed by atoms with Crippen LogP contribution in [0.3, 0.4) is 0 Å². The first-order chi connectivity index (χ1) is 10.5. The molecule has 2 N–H and O–H groups in total. The summed E-state index contributed by atoms with van der Waals surface area (Å²) < 4.78 is 12.9. The number of nitrogens with two attached hydrogens (primary N) is 1. The molecule has 3 rings (SSSR count). The van der Waals surface area contributed by atoms with Crippen molar-refractivity contribution in [3.05, 3.63) is 35.6 Å². The van der Waals surface area contributed by atoms with Crippen LogP contribution in [0.15, 0.2) is 24.3 Å². The van der Waals surface area contributed by atoms with Crippen LogP contribution >= 0.6 is 0 Å². The van der Waals surface area contributed by atoms with E-state index in [9.17, 15) is 14.0 Å². The van der Waals surface area contributed by atoms with E-state index in [4.69, 9.17) is 5.73 Å². The summed E-state index contributed by atoms with van der Waals surface area (Å²) >= 11 is 0. The van der Waals surface area contributed by atoms with Crippen LogP contribution in [-0.2, 0) is 9.59 Å². The SMILES string of the molecule is NC(=O)CC1CCN(C(=O)[C@H]2C[C@H]2c2ccc(F)cc2)CC1. The lowest BCUT2D eigenvalue weighted by atomic mass is 9.93. The standard InChI is InChI=1S/C17H21FN2O2/c18-13-3-1-12(2-4-13)14-10-15(14)17(22)20-7-5-11(6-8-20)9-16(19)21/h1-4,11,14-15H,5-10H2,(H2,19,21)/t14-,15-/m0/s1. The van der Waals surface area contributed by atoms with Crippen LogP contribution in [0.4, 0.5) is 4.39 Å². The molecule has 1 aliphatic carbocycles. The largest absolute Gasteiger partial charge is 0.370 e. The van der Waals surface area contributed by atoms with Gasteiger partial charge in [0.05, 0.1) is 0 Å². The molecule has 1 aromatic rings. The second-order valence-corrected chi connectivity index (χ2v) is 6.44. The minimum atomic E-state index is -0.261. The molecule has 0 bridgehead atoms. The van der Waals surface area contributed by atoms with Gasteiger partial charge < -0.3 is 10.6 Å². The number of primary amides is 1. The van der Waals surface area contributed by atoms with Crippen LogP contribution in [0.1, 0.15) is 37.2 Å². The lowest BCUT2D eigenvalue weighted by molar-refractivity contribution is -0.134. The van der Waals surface area contributed by atoms with E-state index in [1.807, 2.05) is 4.90 Å². The van der Waals surface area contributed by atoms with E-state index in [0.29, 0.717) is 25.4 Å². The molecule has 0 radical (unpaired) electrons. The number of amides is 2. The number of nitrogens with zero attached hydrogens (tertiary/aromatic N) is 1.